The van der Waals surface area contributed by atoms with Gasteiger partial charge in [0, 0.05) is 52.3 Å². The number of hydrogen-bond acceptors (Lipinski definition) is 6. The SMILES string of the molecule is CCCCC(=O)Nc1cncc(-c2cc3c(-c4cc5c(-c6cc(F)cc(OC)c6)nccc5[nH]4)n[nH]c3cn2)c1. The Morgan fingerprint density at radius 1 is 0.975 bits per heavy atom. The Morgan fingerprint density at radius 3 is 2.70 bits per heavy atom. The van der Waals surface area contributed by atoms with Gasteiger partial charge in [0.2, 0.25) is 5.91 Å². The summed E-state index contributed by atoms with van der Waals surface area (Å²) >= 11 is 0. The van der Waals surface area contributed by atoms with Crippen LogP contribution in [-0.4, -0.2) is 43.2 Å². The normalized spacial score (nSPS) is 11.3. The first-order valence-corrected chi connectivity index (χ1v) is 12.9. The van der Waals surface area contributed by atoms with Crippen LogP contribution in [0.5, 0.6) is 5.75 Å². The minimum atomic E-state index is -0.402. The van der Waals surface area contributed by atoms with E-state index in [1.807, 2.05) is 24.3 Å². The van der Waals surface area contributed by atoms with E-state index < -0.39 is 5.82 Å². The predicted octanol–water partition coefficient (Wildman–Crippen LogP) is 6.51. The van der Waals surface area contributed by atoms with Crippen LogP contribution in [0.25, 0.3) is 55.7 Å². The average Bonchev–Trinajstić information content (AvgIpc) is 3.59. The summed E-state index contributed by atoms with van der Waals surface area (Å²) in [7, 11) is 1.50. The fourth-order valence-corrected chi connectivity index (χ4v) is 4.72. The summed E-state index contributed by atoms with van der Waals surface area (Å²) in [4.78, 5) is 29.0. The molecule has 6 aromatic rings. The Bertz CT molecular complexity index is 1860. The first kappa shape index (κ1) is 25.2. The summed E-state index contributed by atoms with van der Waals surface area (Å²) in [5.74, 6) is -0.0195. The first-order valence-electron chi connectivity index (χ1n) is 12.9. The first-order chi connectivity index (χ1) is 19.5. The molecule has 0 saturated heterocycles. The molecule has 0 aliphatic heterocycles. The number of carbonyl (C=O) groups is 1. The van der Waals surface area contributed by atoms with E-state index in [-0.39, 0.29) is 5.91 Å². The summed E-state index contributed by atoms with van der Waals surface area (Å²) in [6.07, 6.45) is 9.00. The number of aromatic nitrogens is 6. The van der Waals surface area contributed by atoms with Gasteiger partial charge >= 0.3 is 0 Å². The van der Waals surface area contributed by atoms with Gasteiger partial charge in [0.25, 0.3) is 0 Å². The number of ether oxygens (including phenoxy) is 1. The number of nitrogens with zero attached hydrogens (tertiary/aromatic N) is 4. The number of nitrogens with one attached hydrogen (secondary N) is 3. The summed E-state index contributed by atoms with van der Waals surface area (Å²) in [6, 6.07) is 12.2. The molecule has 0 spiro atoms. The van der Waals surface area contributed by atoms with Crippen LogP contribution in [0.2, 0.25) is 0 Å². The summed E-state index contributed by atoms with van der Waals surface area (Å²) in [6.45, 7) is 2.05. The van der Waals surface area contributed by atoms with Gasteiger partial charge in [-0.1, -0.05) is 13.3 Å². The molecule has 0 aliphatic rings. The van der Waals surface area contributed by atoms with Crippen molar-refractivity contribution in [1.82, 2.24) is 30.1 Å². The molecule has 0 unspecified atom stereocenters. The van der Waals surface area contributed by atoms with E-state index in [1.165, 1.54) is 19.2 Å². The third kappa shape index (κ3) is 4.86. The number of methoxy groups -OCH3 is 1. The van der Waals surface area contributed by atoms with Crippen molar-refractivity contribution in [1.29, 1.82) is 0 Å². The molecule has 9 nitrogen and oxygen atoms in total. The highest BCUT2D eigenvalue weighted by atomic mass is 19.1. The molecule has 10 heteroatoms. The second kappa shape index (κ2) is 10.6. The van der Waals surface area contributed by atoms with Crippen LogP contribution in [0.15, 0.2) is 67.3 Å². The molecule has 5 aromatic heterocycles. The van der Waals surface area contributed by atoms with Crippen molar-refractivity contribution in [2.45, 2.75) is 26.2 Å². The van der Waals surface area contributed by atoms with Crippen LogP contribution in [0.3, 0.4) is 0 Å². The quantitative estimate of drug-likeness (QED) is 0.204. The van der Waals surface area contributed by atoms with Gasteiger partial charge in [-0.15, -0.1) is 0 Å². The monoisotopic (exact) mass is 535 g/mol. The zero-order valence-electron chi connectivity index (χ0n) is 22.0. The smallest absolute Gasteiger partial charge is 0.224 e. The van der Waals surface area contributed by atoms with Gasteiger partial charge in [-0.3, -0.25) is 24.8 Å². The lowest BCUT2D eigenvalue weighted by atomic mass is 10.1. The molecular weight excluding hydrogens is 509 g/mol. The standard InChI is InChI=1S/C30H26FN7O2/c1-3-4-5-28(39)35-20-9-18(14-32-15-20)25-12-23-27(16-34-25)37-38-30(23)26-13-22-24(36-26)6-7-33-29(22)17-8-19(31)11-21(10-17)40-2/h6-16,36H,3-5H2,1-2H3,(H,35,39)(H,37,38). The largest absolute Gasteiger partial charge is 0.497 e. The molecule has 0 radical (unpaired) electrons. The third-order valence-electron chi connectivity index (χ3n) is 6.71. The number of amides is 1. The van der Waals surface area contributed by atoms with E-state index >= 15 is 0 Å². The van der Waals surface area contributed by atoms with E-state index in [2.05, 4.69) is 42.4 Å². The van der Waals surface area contributed by atoms with Gasteiger partial charge in [-0.05, 0) is 42.8 Å². The van der Waals surface area contributed by atoms with Crippen LogP contribution >= 0.6 is 0 Å². The maximum Gasteiger partial charge on any atom is 0.224 e. The molecule has 200 valence electrons. The van der Waals surface area contributed by atoms with E-state index in [1.54, 1.807) is 30.9 Å². The van der Waals surface area contributed by atoms with Crippen molar-refractivity contribution in [3.05, 3.63) is 73.1 Å². The summed E-state index contributed by atoms with van der Waals surface area (Å²) < 4.78 is 19.5. The Labute approximate surface area is 228 Å². The van der Waals surface area contributed by atoms with E-state index in [4.69, 9.17) is 4.74 Å². The Kier molecular flexibility index (Phi) is 6.65. The van der Waals surface area contributed by atoms with Crippen molar-refractivity contribution in [2.75, 3.05) is 12.4 Å². The van der Waals surface area contributed by atoms with Gasteiger partial charge < -0.3 is 15.0 Å². The molecule has 5 heterocycles. The number of rotatable bonds is 8. The van der Waals surface area contributed by atoms with Crippen LogP contribution in [0, 0.1) is 5.82 Å². The lowest BCUT2D eigenvalue weighted by Gasteiger charge is -2.07. The number of carbonyl (C=O) groups excluding carboxylic acids is 1. The van der Waals surface area contributed by atoms with E-state index in [0.29, 0.717) is 40.5 Å². The van der Waals surface area contributed by atoms with Crippen molar-refractivity contribution < 1.29 is 13.9 Å². The second-order valence-electron chi connectivity index (χ2n) is 9.48. The number of halogens is 1. The number of hydrogen-bond donors (Lipinski definition) is 3. The number of benzene rings is 1. The number of aromatic amines is 2. The lowest BCUT2D eigenvalue weighted by Crippen LogP contribution is -2.11. The van der Waals surface area contributed by atoms with Crippen molar-refractivity contribution in [2.24, 2.45) is 0 Å². The van der Waals surface area contributed by atoms with Gasteiger partial charge in [0.1, 0.15) is 17.3 Å². The Morgan fingerprint density at radius 2 is 1.85 bits per heavy atom. The zero-order chi connectivity index (χ0) is 27.6. The molecule has 0 atom stereocenters. The molecular formula is C30H26FN7O2. The maximum absolute atomic E-state index is 14.3. The number of anilines is 1. The van der Waals surface area contributed by atoms with Crippen LogP contribution in [0.1, 0.15) is 26.2 Å². The average molecular weight is 536 g/mol. The predicted molar refractivity (Wildman–Crippen MR) is 152 cm³/mol. The van der Waals surface area contributed by atoms with E-state index in [0.717, 1.165) is 45.9 Å². The summed E-state index contributed by atoms with van der Waals surface area (Å²) in [5.41, 5.74) is 6.40. The minimum Gasteiger partial charge on any atom is -0.497 e. The minimum absolute atomic E-state index is 0.0364. The summed E-state index contributed by atoms with van der Waals surface area (Å²) in [5, 5.41) is 12.2. The number of unbranched alkanes of at least 4 members (excludes halogenated alkanes) is 1. The van der Waals surface area contributed by atoms with Crippen LogP contribution < -0.4 is 10.1 Å². The van der Waals surface area contributed by atoms with Gasteiger partial charge in [-0.25, -0.2) is 4.39 Å². The molecule has 40 heavy (non-hydrogen) atoms. The topological polar surface area (TPSA) is 121 Å². The van der Waals surface area contributed by atoms with Gasteiger partial charge in [0.05, 0.1) is 47.8 Å². The molecule has 1 amide bonds. The molecule has 1 aromatic carbocycles. The van der Waals surface area contributed by atoms with Crippen molar-refractivity contribution >= 4 is 33.4 Å². The van der Waals surface area contributed by atoms with Crippen LogP contribution in [-0.2, 0) is 4.79 Å². The number of H-pyrrole nitrogens is 2. The Balaban J connectivity index is 1.38. The number of pyridine rings is 3. The lowest BCUT2D eigenvalue weighted by molar-refractivity contribution is -0.116. The molecule has 3 N–H and O–H groups in total. The second-order valence-corrected chi connectivity index (χ2v) is 9.48. The van der Waals surface area contributed by atoms with Gasteiger partial charge in [-0.2, -0.15) is 5.10 Å². The fraction of sp³-hybridized carbons (Fsp3) is 0.167. The van der Waals surface area contributed by atoms with Gasteiger partial charge in [0.15, 0.2) is 0 Å². The molecule has 0 bridgehead atoms. The van der Waals surface area contributed by atoms with E-state index in [9.17, 15) is 9.18 Å². The highest BCUT2D eigenvalue weighted by Gasteiger charge is 2.16. The number of fused-ring (bicyclic) bond motifs is 2. The molecule has 6 rings (SSSR count). The fourth-order valence-electron chi connectivity index (χ4n) is 4.72. The van der Waals surface area contributed by atoms with Crippen molar-refractivity contribution in [3.63, 3.8) is 0 Å². The highest BCUT2D eigenvalue weighted by Crippen LogP contribution is 2.35. The Hall–Kier alpha value is -5.12. The third-order valence-corrected chi connectivity index (χ3v) is 6.71. The zero-order valence-corrected chi connectivity index (χ0v) is 22.0. The van der Waals surface area contributed by atoms with Crippen LogP contribution in [0.4, 0.5) is 10.1 Å². The molecule has 0 fully saturated rings. The maximum atomic E-state index is 14.3. The molecule has 0 aliphatic carbocycles. The van der Waals surface area contributed by atoms with Crippen molar-refractivity contribution in [3.8, 4) is 39.7 Å². The highest BCUT2D eigenvalue weighted by molar-refractivity contribution is 6.00. The molecule has 0 saturated carbocycles.